The van der Waals surface area contributed by atoms with Gasteiger partial charge in [0.15, 0.2) is 0 Å². The van der Waals surface area contributed by atoms with E-state index in [9.17, 15) is 9.59 Å². The zero-order chi connectivity index (χ0) is 19.1. The monoisotopic (exact) mass is 384 g/mol. The second kappa shape index (κ2) is 6.39. The van der Waals surface area contributed by atoms with Crippen molar-refractivity contribution in [3.8, 4) is 0 Å². The van der Waals surface area contributed by atoms with Crippen LogP contribution in [-0.2, 0) is 14.5 Å². The normalized spacial score (nSPS) is 22.0. The van der Waals surface area contributed by atoms with Crippen LogP contribution in [0.1, 0.15) is 11.1 Å². The lowest BCUT2D eigenvalue weighted by molar-refractivity contribution is -0.121. The molecule has 1 atom stereocenters. The Labute approximate surface area is 166 Å². The number of hydrogen-bond acceptors (Lipinski definition) is 3. The molecule has 1 N–H and O–H groups in total. The summed E-state index contributed by atoms with van der Waals surface area (Å²) < 4.78 is 0. The summed E-state index contributed by atoms with van der Waals surface area (Å²) in [7, 11) is 0. The number of amides is 2. The minimum Gasteiger partial charge on any atom is -0.323 e. The van der Waals surface area contributed by atoms with E-state index in [4.69, 9.17) is 0 Å². The number of para-hydroxylation sites is 2. The van der Waals surface area contributed by atoms with Gasteiger partial charge in [-0.3, -0.25) is 14.5 Å². The Bertz CT molecular complexity index is 1110. The number of anilines is 2. The molecule has 2 aliphatic heterocycles. The van der Waals surface area contributed by atoms with Crippen molar-refractivity contribution in [3.63, 3.8) is 0 Å². The van der Waals surface area contributed by atoms with Crippen molar-refractivity contribution in [1.82, 2.24) is 0 Å². The Kier molecular flexibility index (Phi) is 3.84. The van der Waals surface area contributed by atoms with Gasteiger partial charge in [-0.15, -0.1) is 0 Å². The van der Waals surface area contributed by atoms with Gasteiger partial charge in [0.05, 0.1) is 4.91 Å². The lowest BCUT2D eigenvalue weighted by atomic mass is 10.0. The SMILES string of the molecule is O=C1/C(=C/c2ccccc2)S[C@]2(C(=O)Nc3ccccc32)N1c1ccccc1. The maximum absolute atomic E-state index is 13.5. The van der Waals surface area contributed by atoms with Crippen molar-refractivity contribution in [3.05, 3.63) is 101 Å². The molecule has 4 nitrogen and oxygen atoms in total. The van der Waals surface area contributed by atoms with Gasteiger partial charge in [0.1, 0.15) is 0 Å². The minimum atomic E-state index is -1.14. The van der Waals surface area contributed by atoms with Crippen molar-refractivity contribution in [2.24, 2.45) is 0 Å². The first-order chi connectivity index (χ1) is 13.7. The first-order valence-electron chi connectivity index (χ1n) is 8.96. The molecule has 2 aliphatic rings. The van der Waals surface area contributed by atoms with Gasteiger partial charge in [-0.05, 0) is 29.8 Å². The molecule has 2 amide bonds. The summed E-state index contributed by atoms with van der Waals surface area (Å²) in [6, 6.07) is 26.6. The van der Waals surface area contributed by atoms with Crippen molar-refractivity contribution < 1.29 is 9.59 Å². The van der Waals surface area contributed by atoms with Gasteiger partial charge in [-0.1, -0.05) is 78.5 Å². The van der Waals surface area contributed by atoms with Crippen molar-refractivity contribution in [1.29, 1.82) is 0 Å². The summed E-state index contributed by atoms with van der Waals surface area (Å²) in [6.45, 7) is 0. The van der Waals surface area contributed by atoms with E-state index >= 15 is 0 Å². The van der Waals surface area contributed by atoms with E-state index in [2.05, 4.69) is 5.32 Å². The Morgan fingerprint density at radius 3 is 2.21 bits per heavy atom. The fourth-order valence-corrected chi connectivity index (χ4v) is 5.11. The number of nitrogens with one attached hydrogen (secondary N) is 1. The van der Waals surface area contributed by atoms with Gasteiger partial charge in [0.2, 0.25) is 4.87 Å². The van der Waals surface area contributed by atoms with Crippen LogP contribution < -0.4 is 10.2 Å². The number of rotatable bonds is 2. The summed E-state index contributed by atoms with van der Waals surface area (Å²) >= 11 is 1.30. The van der Waals surface area contributed by atoms with Crippen LogP contribution in [0.2, 0.25) is 0 Å². The Hall–Kier alpha value is -3.31. The van der Waals surface area contributed by atoms with Crippen LogP contribution >= 0.6 is 11.8 Å². The zero-order valence-electron chi connectivity index (χ0n) is 14.8. The molecule has 1 fully saturated rings. The first-order valence-corrected chi connectivity index (χ1v) is 9.78. The highest BCUT2D eigenvalue weighted by atomic mass is 32.2. The van der Waals surface area contributed by atoms with Gasteiger partial charge < -0.3 is 5.32 Å². The van der Waals surface area contributed by atoms with Crippen LogP contribution in [0.15, 0.2) is 89.8 Å². The Morgan fingerprint density at radius 2 is 1.46 bits per heavy atom. The molecule has 3 aromatic carbocycles. The Balaban J connectivity index is 1.72. The molecule has 2 heterocycles. The lowest BCUT2D eigenvalue weighted by Crippen LogP contribution is -2.47. The molecule has 0 unspecified atom stereocenters. The molecule has 0 bridgehead atoms. The smallest absolute Gasteiger partial charge is 0.266 e. The number of nitrogens with zero attached hydrogens (tertiary/aromatic N) is 1. The van der Waals surface area contributed by atoms with Crippen LogP contribution in [0.5, 0.6) is 0 Å². The summed E-state index contributed by atoms with van der Waals surface area (Å²) in [5.41, 5.74) is 3.17. The van der Waals surface area contributed by atoms with Crippen LogP contribution in [-0.4, -0.2) is 11.8 Å². The standard InChI is InChI=1S/C23H16N2O2S/c26-21-20(15-16-9-3-1-4-10-16)28-23(25(21)17-11-5-2-6-12-17)18-13-7-8-14-19(18)24-22(23)27/h1-15H,(H,24,27)/b20-15-/t23-/m1/s1. The fraction of sp³-hybridized carbons (Fsp3) is 0.0435. The number of hydrogen-bond donors (Lipinski definition) is 1. The van der Waals surface area contributed by atoms with E-state index in [-0.39, 0.29) is 11.8 Å². The van der Waals surface area contributed by atoms with E-state index in [0.29, 0.717) is 10.6 Å². The van der Waals surface area contributed by atoms with Gasteiger partial charge in [-0.25, -0.2) is 0 Å². The van der Waals surface area contributed by atoms with E-state index in [1.807, 2.05) is 91.0 Å². The van der Waals surface area contributed by atoms with E-state index in [0.717, 1.165) is 16.8 Å². The molecule has 0 aliphatic carbocycles. The van der Waals surface area contributed by atoms with Crippen LogP contribution in [0, 0.1) is 0 Å². The van der Waals surface area contributed by atoms with Crippen LogP contribution in [0.4, 0.5) is 11.4 Å². The molecule has 0 saturated carbocycles. The van der Waals surface area contributed by atoms with Gasteiger partial charge in [-0.2, -0.15) is 0 Å². The number of fused-ring (bicyclic) bond motifs is 2. The highest BCUT2D eigenvalue weighted by Crippen LogP contribution is 2.57. The third-order valence-electron chi connectivity index (χ3n) is 4.95. The summed E-state index contributed by atoms with van der Waals surface area (Å²) in [5, 5.41) is 2.95. The highest BCUT2D eigenvalue weighted by Gasteiger charge is 2.60. The number of benzene rings is 3. The summed E-state index contributed by atoms with van der Waals surface area (Å²) in [4.78, 5) is 27.7. The number of carbonyl (C=O) groups excluding carboxylic acids is 2. The highest BCUT2D eigenvalue weighted by molar-refractivity contribution is 8.06. The van der Waals surface area contributed by atoms with Crippen molar-refractivity contribution in [2.45, 2.75) is 4.87 Å². The fourth-order valence-electron chi connectivity index (χ4n) is 3.71. The van der Waals surface area contributed by atoms with Gasteiger partial charge in [0.25, 0.3) is 11.8 Å². The van der Waals surface area contributed by atoms with Gasteiger partial charge >= 0.3 is 0 Å². The summed E-state index contributed by atoms with van der Waals surface area (Å²) in [5.74, 6) is -0.376. The molecule has 136 valence electrons. The third kappa shape index (κ3) is 2.40. The molecule has 0 radical (unpaired) electrons. The molecular formula is C23H16N2O2S. The predicted octanol–water partition coefficient (Wildman–Crippen LogP) is 4.61. The minimum absolute atomic E-state index is 0.174. The molecule has 1 saturated heterocycles. The molecule has 28 heavy (non-hydrogen) atoms. The number of thioether (sulfide) groups is 1. The second-order valence-corrected chi connectivity index (χ2v) is 7.88. The van der Waals surface area contributed by atoms with Crippen LogP contribution in [0.25, 0.3) is 6.08 Å². The average Bonchev–Trinajstić information content (AvgIpc) is 3.18. The topological polar surface area (TPSA) is 49.4 Å². The predicted molar refractivity (Wildman–Crippen MR) is 113 cm³/mol. The molecule has 1 spiro atoms. The van der Waals surface area contributed by atoms with Crippen molar-refractivity contribution >= 4 is 41.0 Å². The first kappa shape index (κ1) is 16.8. The largest absolute Gasteiger partial charge is 0.323 e. The van der Waals surface area contributed by atoms with Gasteiger partial charge in [0, 0.05) is 16.9 Å². The maximum Gasteiger partial charge on any atom is 0.266 e. The Morgan fingerprint density at radius 1 is 0.821 bits per heavy atom. The van der Waals surface area contributed by atoms with Crippen LogP contribution in [0.3, 0.4) is 0 Å². The molecule has 5 rings (SSSR count). The average molecular weight is 384 g/mol. The molecule has 5 heteroatoms. The van der Waals surface area contributed by atoms with E-state index in [1.54, 1.807) is 4.90 Å². The van der Waals surface area contributed by atoms with E-state index < -0.39 is 4.87 Å². The van der Waals surface area contributed by atoms with Crippen molar-refractivity contribution in [2.75, 3.05) is 10.2 Å². The molecule has 3 aromatic rings. The lowest BCUT2D eigenvalue weighted by Gasteiger charge is -2.31. The summed E-state index contributed by atoms with van der Waals surface area (Å²) in [6.07, 6.45) is 1.85. The second-order valence-electron chi connectivity index (χ2n) is 6.64. The molecule has 0 aromatic heterocycles. The maximum atomic E-state index is 13.5. The molecular weight excluding hydrogens is 368 g/mol. The zero-order valence-corrected chi connectivity index (χ0v) is 15.6. The third-order valence-corrected chi connectivity index (χ3v) is 6.34. The quantitative estimate of drug-likeness (QED) is 0.656. The number of carbonyl (C=O) groups is 2. The van der Waals surface area contributed by atoms with E-state index in [1.165, 1.54) is 11.8 Å².